The summed E-state index contributed by atoms with van der Waals surface area (Å²) in [6.45, 7) is 3.77. The highest BCUT2D eigenvalue weighted by molar-refractivity contribution is 14.0. The SMILES string of the molecule is CC(C)NC(N)=NCc1ccccc1OC(F)(F)F.I. The number of alkyl halides is 3. The van der Waals surface area contributed by atoms with E-state index in [1.165, 1.54) is 18.2 Å². The topological polar surface area (TPSA) is 59.6 Å². The second-order valence-corrected chi connectivity index (χ2v) is 4.16. The van der Waals surface area contributed by atoms with Crippen LogP contribution >= 0.6 is 24.0 Å². The van der Waals surface area contributed by atoms with E-state index >= 15 is 0 Å². The van der Waals surface area contributed by atoms with Crippen molar-refractivity contribution in [1.29, 1.82) is 0 Å². The summed E-state index contributed by atoms with van der Waals surface area (Å²) in [5.74, 6) is -0.0899. The molecule has 0 fully saturated rings. The molecule has 0 aliphatic heterocycles. The summed E-state index contributed by atoms with van der Waals surface area (Å²) in [5.41, 5.74) is 5.89. The van der Waals surface area contributed by atoms with Crippen molar-refractivity contribution < 1.29 is 17.9 Å². The molecular formula is C12H17F3IN3O. The third-order valence-corrected chi connectivity index (χ3v) is 2.05. The van der Waals surface area contributed by atoms with Gasteiger partial charge < -0.3 is 15.8 Å². The van der Waals surface area contributed by atoms with Crippen LogP contribution in [0.4, 0.5) is 13.2 Å². The van der Waals surface area contributed by atoms with Crippen LogP contribution in [0, 0.1) is 0 Å². The van der Waals surface area contributed by atoms with Gasteiger partial charge in [-0.3, -0.25) is 0 Å². The van der Waals surface area contributed by atoms with Crippen LogP contribution in [0.5, 0.6) is 5.75 Å². The molecule has 0 spiro atoms. The molecule has 20 heavy (non-hydrogen) atoms. The molecule has 4 nitrogen and oxygen atoms in total. The van der Waals surface area contributed by atoms with Gasteiger partial charge in [0.1, 0.15) is 5.75 Å². The van der Waals surface area contributed by atoms with Crippen molar-refractivity contribution in [2.75, 3.05) is 0 Å². The molecule has 1 aromatic carbocycles. The Labute approximate surface area is 132 Å². The van der Waals surface area contributed by atoms with E-state index in [2.05, 4.69) is 15.0 Å². The second kappa shape index (κ2) is 8.18. The number of aliphatic imine (C=N–C) groups is 1. The van der Waals surface area contributed by atoms with Crippen LogP contribution in [-0.2, 0) is 6.54 Å². The zero-order valence-corrected chi connectivity index (χ0v) is 13.4. The van der Waals surface area contributed by atoms with Gasteiger partial charge in [0.15, 0.2) is 5.96 Å². The van der Waals surface area contributed by atoms with Gasteiger partial charge >= 0.3 is 6.36 Å². The average Bonchev–Trinajstić information content (AvgIpc) is 2.25. The van der Waals surface area contributed by atoms with Crippen LogP contribution in [0.15, 0.2) is 29.3 Å². The summed E-state index contributed by atoms with van der Waals surface area (Å²) in [6, 6.07) is 5.92. The third-order valence-electron chi connectivity index (χ3n) is 2.05. The Morgan fingerprint density at radius 2 is 1.95 bits per heavy atom. The van der Waals surface area contributed by atoms with E-state index < -0.39 is 6.36 Å². The maximum absolute atomic E-state index is 12.2. The predicted molar refractivity (Wildman–Crippen MR) is 82.1 cm³/mol. The van der Waals surface area contributed by atoms with Gasteiger partial charge in [0, 0.05) is 11.6 Å². The van der Waals surface area contributed by atoms with Crippen molar-refractivity contribution in [1.82, 2.24) is 5.32 Å². The monoisotopic (exact) mass is 403 g/mol. The van der Waals surface area contributed by atoms with Crippen molar-refractivity contribution in [3.63, 3.8) is 0 Å². The molecule has 0 heterocycles. The smallest absolute Gasteiger partial charge is 0.405 e. The van der Waals surface area contributed by atoms with Crippen molar-refractivity contribution in [2.45, 2.75) is 32.8 Å². The fraction of sp³-hybridized carbons (Fsp3) is 0.417. The number of nitrogens with one attached hydrogen (secondary N) is 1. The Morgan fingerprint density at radius 1 is 1.35 bits per heavy atom. The molecule has 1 rings (SSSR count). The number of nitrogens with two attached hydrogens (primary N) is 1. The number of hydrogen-bond acceptors (Lipinski definition) is 2. The lowest BCUT2D eigenvalue weighted by molar-refractivity contribution is -0.274. The summed E-state index contributed by atoms with van der Waals surface area (Å²) in [7, 11) is 0. The molecule has 0 aliphatic carbocycles. The van der Waals surface area contributed by atoms with Crippen LogP contribution < -0.4 is 15.8 Å². The number of nitrogens with zero attached hydrogens (tertiary/aromatic N) is 1. The number of ether oxygens (including phenoxy) is 1. The number of benzene rings is 1. The lowest BCUT2D eigenvalue weighted by atomic mass is 10.2. The number of guanidine groups is 1. The van der Waals surface area contributed by atoms with Crippen LogP contribution in [0.1, 0.15) is 19.4 Å². The van der Waals surface area contributed by atoms with E-state index in [1.54, 1.807) is 6.07 Å². The molecule has 0 saturated carbocycles. The Morgan fingerprint density at radius 3 is 2.50 bits per heavy atom. The zero-order chi connectivity index (χ0) is 14.5. The number of rotatable bonds is 4. The Hall–Kier alpha value is -1.19. The Bertz CT molecular complexity index is 450. The van der Waals surface area contributed by atoms with Crippen molar-refractivity contribution >= 4 is 29.9 Å². The van der Waals surface area contributed by atoms with Gasteiger partial charge in [-0.25, -0.2) is 4.99 Å². The highest BCUT2D eigenvalue weighted by atomic mass is 127. The summed E-state index contributed by atoms with van der Waals surface area (Å²) < 4.78 is 40.5. The van der Waals surface area contributed by atoms with Gasteiger partial charge in [-0.1, -0.05) is 18.2 Å². The van der Waals surface area contributed by atoms with Gasteiger partial charge in [-0.05, 0) is 19.9 Å². The fourth-order valence-corrected chi connectivity index (χ4v) is 1.37. The molecule has 0 aliphatic rings. The van der Waals surface area contributed by atoms with Gasteiger partial charge in [0.25, 0.3) is 0 Å². The molecule has 0 atom stereocenters. The number of hydrogen-bond donors (Lipinski definition) is 2. The summed E-state index contributed by atoms with van der Waals surface area (Å²) in [6.07, 6.45) is -4.72. The maximum atomic E-state index is 12.2. The molecule has 0 amide bonds. The number of halogens is 4. The molecule has 0 bridgehead atoms. The maximum Gasteiger partial charge on any atom is 0.573 e. The lowest BCUT2D eigenvalue weighted by Crippen LogP contribution is -2.36. The van der Waals surface area contributed by atoms with Gasteiger partial charge in [0.2, 0.25) is 0 Å². The van der Waals surface area contributed by atoms with E-state index in [4.69, 9.17) is 5.73 Å². The van der Waals surface area contributed by atoms with E-state index in [9.17, 15) is 13.2 Å². The average molecular weight is 403 g/mol. The molecular weight excluding hydrogens is 386 g/mol. The highest BCUT2D eigenvalue weighted by Gasteiger charge is 2.31. The largest absolute Gasteiger partial charge is 0.573 e. The van der Waals surface area contributed by atoms with E-state index in [1.807, 2.05) is 13.8 Å². The Balaban J connectivity index is 0.00000361. The molecule has 0 aromatic heterocycles. The highest BCUT2D eigenvalue weighted by Crippen LogP contribution is 2.26. The predicted octanol–water partition coefficient (Wildman–Crippen LogP) is 3.02. The Kier molecular flexibility index (Phi) is 7.69. The summed E-state index contributed by atoms with van der Waals surface area (Å²) in [5, 5.41) is 2.85. The normalized spacial score (nSPS) is 12.0. The van der Waals surface area contributed by atoms with Gasteiger partial charge in [0.05, 0.1) is 6.54 Å². The summed E-state index contributed by atoms with van der Waals surface area (Å²) in [4.78, 5) is 3.96. The number of para-hydroxylation sites is 1. The minimum Gasteiger partial charge on any atom is -0.405 e. The van der Waals surface area contributed by atoms with Crippen molar-refractivity contribution in [2.24, 2.45) is 10.7 Å². The molecule has 8 heteroatoms. The van der Waals surface area contributed by atoms with Crippen molar-refractivity contribution in [3.8, 4) is 5.75 Å². The first kappa shape index (κ1) is 18.8. The second-order valence-electron chi connectivity index (χ2n) is 4.16. The van der Waals surface area contributed by atoms with E-state index in [0.717, 1.165) is 0 Å². The quantitative estimate of drug-likeness (QED) is 0.462. The first-order valence-electron chi connectivity index (χ1n) is 5.68. The van der Waals surface area contributed by atoms with Crippen LogP contribution in [-0.4, -0.2) is 18.4 Å². The van der Waals surface area contributed by atoms with Crippen molar-refractivity contribution in [3.05, 3.63) is 29.8 Å². The van der Waals surface area contributed by atoms with Gasteiger partial charge in [-0.15, -0.1) is 37.1 Å². The third kappa shape index (κ3) is 7.41. The lowest BCUT2D eigenvalue weighted by Gasteiger charge is -2.12. The molecule has 114 valence electrons. The van der Waals surface area contributed by atoms with Crippen LogP contribution in [0.3, 0.4) is 0 Å². The molecule has 0 unspecified atom stereocenters. The minimum atomic E-state index is -4.72. The van der Waals surface area contributed by atoms with Gasteiger partial charge in [-0.2, -0.15) is 0 Å². The molecule has 0 radical (unpaired) electrons. The van der Waals surface area contributed by atoms with Crippen LogP contribution in [0.2, 0.25) is 0 Å². The fourth-order valence-electron chi connectivity index (χ4n) is 1.37. The molecule has 1 aromatic rings. The van der Waals surface area contributed by atoms with Crippen LogP contribution in [0.25, 0.3) is 0 Å². The first-order chi connectivity index (χ1) is 8.78. The molecule has 0 saturated heterocycles. The molecule has 3 N–H and O–H groups in total. The van der Waals surface area contributed by atoms with E-state index in [0.29, 0.717) is 5.56 Å². The standard InChI is InChI=1S/C12H16F3N3O.HI/c1-8(2)18-11(16)17-7-9-5-3-4-6-10(9)19-12(13,14)15;/h3-6,8H,7H2,1-2H3,(H3,16,17,18);1H. The summed E-state index contributed by atoms with van der Waals surface area (Å²) >= 11 is 0. The zero-order valence-electron chi connectivity index (χ0n) is 11.1. The minimum absolute atomic E-state index is 0. The first-order valence-corrected chi connectivity index (χ1v) is 5.68. The van der Waals surface area contributed by atoms with E-state index in [-0.39, 0.29) is 48.3 Å².